The van der Waals surface area contributed by atoms with Gasteiger partial charge < -0.3 is 15.4 Å². The van der Waals surface area contributed by atoms with E-state index < -0.39 is 36.5 Å². The van der Waals surface area contributed by atoms with Gasteiger partial charge in [0, 0.05) is 11.3 Å². The van der Waals surface area contributed by atoms with Crippen LogP contribution in [0.1, 0.15) is 17.2 Å². The van der Waals surface area contributed by atoms with Crippen molar-refractivity contribution in [2.75, 3.05) is 18.4 Å². The molecule has 28 heavy (non-hydrogen) atoms. The van der Waals surface area contributed by atoms with Crippen LogP contribution in [0.25, 0.3) is 0 Å². The maximum atomic E-state index is 12.8. The molecule has 0 saturated carbocycles. The molecule has 2 N–H and O–H groups in total. The molecule has 144 valence electrons. The van der Waals surface area contributed by atoms with Crippen molar-refractivity contribution in [1.82, 2.24) is 10.2 Å². The topological polar surface area (TPSA) is 105 Å². The van der Waals surface area contributed by atoms with E-state index in [1.54, 1.807) is 42.5 Å². The Morgan fingerprint density at radius 2 is 1.79 bits per heavy atom. The number of hydrogen-bond acceptors (Lipinski definition) is 5. The number of aryl methyl sites for hydroxylation is 1. The van der Waals surface area contributed by atoms with Gasteiger partial charge in [0.15, 0.2) is 0 Å². The number of benzene rings is 2. The van der Waals surface area contributed by atoms with Gasteiger partial charge in [-0.1, -0.05) is 48.0 Å². The number of urea groups is 1. The van der Waals surface area contributed by atoms with Crippen LogP contribution in [-0.4, -0.2) is 41.8 Å². The molecule has 1 fully saturated rings. The van der Waals surface area contributed by atoms with Gasteiger partial charge in [-0.3, -0.25) is 19.3 Å². The third kappa shape index (κ3) is 4.53. The number of carbonyl (C=O) groups is 4. The predicted octanol–water partition coefficient (Wildman–Crippen LogP) is 1.77. The van der Waals surface area contributed by atoms with E-state index in [0.717, 1.165) is 10.5 Å². The molecular formula is C20H19N3O5. The molecule has 0 aromatic heterocycles. The number of imide groups is 1. The number of anilines is 1. The minimum absolute atomic E-state index is 0.165. The van der Waals surface area contributed by atoms with Gasteiger partial charge in [-0.15, -0.1) is 0 Å². The van der Waals surface area contributed by atoms with Crippen LogP contribution < -0.4 is 10.6 Å². The van der Waals surface area contributed by atoms with Crippen LogP contribution in [0.15, 0.2) is 54.6 Å². The van der Waals surface area contributed by atoms with Crippen molar-refractivity contribution >= 4 is 29.5 Å². The van der Waals surface area contributed by atoms with E-state index in [2.05, 4.69) is 10.6 Å². The highest BCUT2D eigenvalue weighted by molar-refractivity contribution is 6.04. The number of hydrogen-bond donors (Lipinski definition) is 2. The average molecular weight is 381 g/mol. The van der Waals surface area contributed by atoms with Crippen molar-refractivity contribution in [3.8, 4) is 0 Å². The van der Waals surface area contributed by atoms with Crippen LogP contribution in [0, 0.1) is 6.92 Å². The van der Waals surface area contributed by atoms with Gasteiger partial charge in [-0.25, -0.2) is 4.79 Å². The summed E-state index contributed by atoms with van der Waals surface area (Å²) in [6, 6.07) is 15.0. The normalized spacial score (nSPS) is 14.4. The molecule has 2 aromatic rings. The Bertz CT molecular complexity index is 880. The molecule has 0 aliphatic carbocycles. The van der Waals surface area contributed by atoms with Crippen LogP contribution in [0.5, 0.6) is 0 Å². The fourth-order valence-corrected chi connectivity index (χ4v) is 2.66. The highest BCUT2D eigenvalue weighted by Crippen LogP contribution is 2.21. The first-order valence-electron chi connectivity index (χ1n) is 8.64. The number of nitrogens with one attached hydrogen (secondary N) is 2. The lowest BCUT2D eigenvalue weighted by molar-refractivity contribution is -0.156. The second-order valence-electron chi connectivity index (χ2n) is 6.27. The maximum Gasteiger partial charge on any atom is 0.327 e. The SMILES string of the molecule is Cc1ccc(NC(=O)C(OC(=O)CN2C(=O)CNC2=O)c2ccccc2)cc1. The molecule has 2 aromatic carbocycles. The summed E-state index contributed by atoms with van der Waals surface area (Å²) in [6.45, 7) is 1.20. The molecule has 1 atom stereocenters. The van der Waals surface area contributed by atoms with Crippen LogP contribution in [-0.2, 0) is 19.1 Å². The van der Waals surface area contributed by atoms with Gasteiger partial charge >= 0.3 is 12.0 Å². The molecule has 1 saturated heterocycles. The molecule has 1 aliphatic heterocycles. The van der Waals surface area contributed by atoms with Crippen LogP contribution in [0.4, 0.5) is 10.5 Å². The Balaban J connectivity index is 1.74. The second kappa shape index (κ2) is 8.34. The first-order chi connectivity index (χ1) is 13.4. The predicted molar refractivity (Wildman–Crippen MR) is 100 cm³/mol. The molecule has 1 aliphatic rings. The summed E-state index contributed by atoms with van der Waals surface area (Å²) in [7, 11) is 0. The van der Waals surface area contributed by atoms with E-state index >= 15 is 0 Å². The highest BCUT2D eigenvalue weighted by atomic mass is 16.5. The number of ether oxygens (including phenoxy) is 1. The van der Waals surface area contributed by atoms with Gasteiger partial charge in [0.1, 0.15) is 6.54 Å². The van der Waals surface area contributed by atoms with Gasteiger partial charge in [0.2, 0.25) is 6.10 Å². The van der Waals surface area contributed by atoms with Gasteiger partial charge in [-0.2, -0.15) is 0 Å². The van der Waals surface area contributed by atoms with Crippen LogP contribution >= 0.6 is 0 Å². The minimum Gasteiger partial charge on any atom is -0.446 e. The summed E-state index contributed by atoms with van der Waals surface area (Å²) in [6.07, 6.45) is -1.23. The van der Waals surface area contributed by atoms with Gasteiger partial charge in [0.25, 0.3) is 11.8 Å². The minimum atomic E-state index is -1.23. The first kappa shape index (κ1) is 19.1. The number of carbonyl (C=O) groups excluding carboxylic acids is 4. The fourth-order valence-electron chi connectivity index (χ4n) is 2.66. The number of nitrogens with zero attached hydrogens (tertiary/aromatic N) is 1. The zero-order valence-corrected chi connectivity index (χ0v) is 15.2. The smallest absolute Gasteiger partial charge is 0.327 e. The molecule has 0 spiro atoms. The zero-order chi connectivity index (χ0) is 20.1. The summed E-state index contributed by atoms with van der Waals surface area (Å²) in [5, 5.41) is 5.03. The number of amides is 4. The van der Waals surface area contributed by atoms with Crippen LogP contribution in [0.2, 0.25) is 0 Å². The van der Waals surface area contributed by atoms with Crippen molar-refractivity contribution in [1.29, 1.82) is 0 Å². The molecule has 3 rings (SSSR count). The largest absolute Gasteiger partial charge is 0.446 e. The Hall–Kier alpha value is -3.68. The number of esters is 1. The second-order valence-corrected chi connectivity index (χ2v) is 6.27. The fraction of sp³-hybridized carbons (Fsp3) is 0.200. The maximum absolute atomic E-state index is 12.8. The lowest BCUT2D eigenvalue weighted by Gasteiger charge is -2.19. The highest BCUT2D eigenvalue weighted by Gasteiger charge is 2.33. The molecule has 4 amide bonds. The first-order valence-corrected chi connectivity index (χ1v) is 8.64. The van der Waals surface area contributed by atoms with Crippen molar-refractivity contribution in [2.45, 2.75) is 13.0 Å². The summed E-state index contributed by atoms with van der Waals surface area (Å²) < 4.78 is 5.33. The zero-order valence-electron chi connectivity index (χ0n) is 15.2. The van der Waals surface area contributed by atoms with Gasteiger partial charge in [-0.05, 0) is 19.1 Å². The Kier molecular flexibility index (Phi) is 5.69. The van der Waals surface area contributed by atoms with E-state index in [1.807, 2.05) is 19.1 Å². The van der Waals surface area contributed by atoms with Crippen molar-refractivity contribution in [3.63, 3.8) is 0 Å². The standard InChI is InChI=1S/C20H19N3O5/c1-13-7-9-15(10-8-13)22-19(26)18(14-5-3-2-4-6-14)28-17(25)12-23-16(24)11-21-20(23)27/h2-10,18H,11-12H2,1H3,(H,21,27)(H,22,26). The Morgan fingerprint density at radius 1 is 1.11 bits per heavy atom. The van der Waals surface area contributed by atoms with E-state index in [0.29, 0.717) is 11.3 Å². The van der Waals surface area contributed by atoms with Gasteiger partial charge in [0.05, 0.1) is 6.54 Å². The summed E-state index contributed by atoms with van der Waals surface area (Å²) in [5.74, 6) is -1.93. The lowest BCUT2D eigenvalue weighted by Crippen LogP contribution is -2.38. The quantitative estimate of drug-likeness (QED) is 0.586. The van der Waals surface area contributed by atoms with E-state index in [1.165, 1.54) is 0 Å². The van der Waals surface area contributed by atoms with Crippen molar-refractivity contribution in [2.24, 2.45) is 0 Å². The molecule has 1 unspecified atom stereocenters. The Labute approximate surface area is 161 Å². The summed E-state index contributed by atoms with van der Waals surface area (Å²) >= 11 is 0. The van der Waals surface area contributed by atoms with Crippen LogP contribution in [0.3, 0.4) is 0 Å². The summed E-state index contributed by atoms with van der Waals surface area (Å²) in [5.41, 5.74) is 2.07. The molecule has 1 heterocycles. The molecule has 8 heteroatoms. The lowest BCUT2D eigenvalue weighted by atomic mass is 10.1. The molecule has 0 radical (unpaired) electrons. The van der Waals surface area contributed by atoms with E-state index in [-0.39, 0.29) is 6.54 Å². The molecular weight excluding hydrogens is 362 g/mol. The van der Waals surface area contributed by atoms with Crippen molar-refractivity contribution < 1.29 is 23.9 Å². The molecule has 8 nitrogen and oxygen atoms in total. The third-order valence-electron chi connectivity index (χ3n) is 4.13. The third-order valence-corrected chi connectivity index (χ3v) is 4.13. The number of rotatable bonds is 6. The molecule has 0 bridgehead atoms. The average Bonchev–Trinajstić information content (AvgIpc) is 3.00. The van der Waals surface area contributed by atoms with E-state index in [4.69, 9.17) is 4.74 Å². The Morgan fingerprint density at radius 3 is 2.39 bits per heavy atom. The van der Waals surface area contributed by atoms with E-state index in [9.17, 15) is 19.2 Å². The summed E-state index contributed by atoms with van der Waals surface area (Å²) in [4.78, 5) is 49.0. The van der Waals surface area contributed by atoms with Crippen molar-refractivity contribution in [3.05, 3.63) is 65.7 Å². The monoisotopic (exact) mass is 381 g/mol.